The smallest absolute Gasteiger partial charge is 0.316 e. The summed E-state index contributed by atoms with van der Waals surface area (Å²) in [4.78, 5) is 51.6. The fraction of sp³-hybridized carbons (Fsp3) is 0.296. The Morgan fingerprint density at radius 2 is 1.72 bits per heavy atom. The predicted octanol–water partition coefficient (Wildman–Crippen LogP) is 1.59. The number of nitrogens with two attached hydrogens (primary N) is 1. The number of allylic oxidation sites excluding steroid dienone is 1. The molecule has 39 heavy (non-hydrogen) atoms. The molecular weight excluding hydrogens is 510 g/mol. The van der Waals surface area contributed by atoms with Crippen LogP contribution < -0.4 is 5.73 Å². The normalized spacial score (nSPS) is 26.3. The summed E-state index contributed by atoms with van der Waals surface area (Å²) in [5, 5.41) is 53.6. The number of Topliss-reactive ketones (excluding diaryl/α,β-unsaturated/α-hetero) is 2. The van der Waals surface area contributed by atoms with E-state index in [1.165, 1.54) is 23.1 Å². The van der Waals surface area contributed by atoms with E-state index < -0.39 is 58.0 Å². The van der Waals surface area contributed by atoms with Crippen molar-refractivity contribution >= 4 is 23.2 Å². The quantitative estimate of drug-likeness (QED) is 0.246. The molecule has 12 heteroatoms. The van der Waals surface area contributed by atoms with E-state index in [4.69, 9.17) is 10.9 Å². The number of aliphatic hydroxyl groups is 3. The minimum absolute atomic E-state index is 0.0101. The molecular formula is C27H26N3O9+. The van der Waals surface area contributed by atoms with Crippen molar-refractivity contribution in [2.45, 2.75) is 24.5 Å². The standard InChI is InChI=1S/C27H25N3O9/c1-29(2)21-16-10-12-9-15-14(11-3-5-13(6-4-11)30(38)39)7-8-17(31)19(15)22(32)18(12)24(34)27(16,37)25(35)20(23(21)33)26(28)36/h3-8,12,16,21,37H,9-10H2,1-2H3,(H5-,28,31,32,33,34,35,36,38,39)/p+1/t12-,16-,21-,27-/m0/s1. The number of nitrogens with zero attached hydrogens (tertiary/aromatic N) is 2. The third-order valence-corrected chi connectivity index (χ3v) is 8.01. The van der Waals surface area contributed by atoms with Crippen LogP contribution in [0.4, 0.5) is 5.69 Å². The monoisotopic (exact) mass is 536 g/mol. The number of aromatic hydroxyl groups is 1. The summed E-state index contributed by atoms with van der Waals surface area (Å²) < 4.78 is 0. The molecule has 0 radical (unpaired) electrons. The van der Waals surface area contributed by atoms with Crippen molar-refractivity contribution in [2.24, 2.45) is 17.6 Å². The summed E-state index contributed by atoms with van der Waals surface area (Å²) in [6, 6.07) is 7.69. The number of hydrogen-bond donors (Lipinski definition) is 6. The third-order valence-electron chi connectivity index (χ3n) is 8.01. The Balaban J connectivity index is 1.70. The minimum Gasteiger partial charge on any atom is -0.510 e. The van der Waals surface area contributed by atoms with E-state index in [9.17, 15) is 39.7 Å². The van der Waals surface area contributed by atoms with Gasteiger partial charge in [-0.05, 0) is 67.7 Å². The lowest BCUT2D eigenvalue weighted by Gasteiger charge is -2.50. The molecule has 2 aromatic rings. The molecule has 4 atom stereocenters. The van der Waals surface area contributed by atoms with Crippen LogP contribution in [0.15, 0.2) is 59.1 Å². The van der Waals surface area contributed by atoms with Gasteiger partial charge in [0.2, 0.25) is 5.78 Å². The van der Waals surface area contributed by atoms with Gasteiger partial charge in [0.05, 0.1) is 16.5 Å². The number of benzene rings is 2. The van der Waals surface area contributed by atoms with Gasteiger partial charge in [0.25, 0.3) is 10.8 Å². The molecule has 3 aliphatic rings. The lowest BCUT2D eigenvalue weighted by atomic mass is 9.58. The van der Waals surface area contributed by atoms with Crippen LogP contribution in [0.5, 0.6) is 5.75 Å². The third kappa shape index (κ3) is 3.56. The average molecular weight is 537 g/mol. The first-order valence-electron chi connectivity index (χ1n) is 12.1. The summed E-state index contributed by atoms with van der Waals surface area (Å²) in [5.41, 5.74) is 2.97. The lowest BCUT2D eigenvalue weighted by molar-refractivity contribution is -0.729. The molecule has 0 bridgehead atoms. The maximum atomic E-state index is 13.8. The van der Waals surface area contributed by atoms with Gasteiger partial charge in [-0.3, -0.25) is 19.3 Å². The Hall–Kier alpha value is -4.55. The van der Waals surface area contributed by atoms with Gasteiger partial charge in [-0.15, -0.1) is 0 Å². The second kappa shape index (κ2) is 8.75. The SMILES string of the molecule is CN(C)[C@@H]1C(O)=C(C(N)=O)C(=O)[C@@]2(O)C(O)=C3C(=O)c4c(O)ccc(-c5ccc([N+](=O)O)cc5)c4C[C@H]3C[C@@H]12. The molecule has 0 aromatic heterocycles. The number of aliphatic hydroxyl groups excluding tert-OH is 2. The molecule has 0 aliphatic heterocycles. The molecule has 0 unspecified atom stereocenters. The lowest BCUT2D eigenvalue weighted by Crippen LogP contribution is -2.63. The first-order valence-corrected chi connectivity index (χ1v) is 12.1. The maximum absolute atomic E-state index is 13.8. The van der Waals surface area contributed by atoms with Gasteiger partial charge >= 0.3 is 5.69 Å². The highest BCUT2D eigenvalue weighted by atomic mass is 16.6. The van der Waals surface area contributed by atoms with Crippen LogP contribution in [0.25, 0.3) is 11.1 Å². The van der Waals surface area contributed by atoms with Crippen LogP contribution in [-0.4, -0.2) is 78.7 Å². The molecule has 5 rings (SSSR count). The first-order chi connectivity index (χ1) is 18.3. The zero-order valence-corrected chi connectivity index (χ0v) is 21.0. The Morgan fingerprint density at radius 3 is 2.28 bits per heavy atom. The van der Waals surface area contributed by atoms with E-state index in [1.807, 2.05) is 0 Å². The molecule has 12 nitrogen and oxygen atoms in total. The van der Waals surface area contributed by atoms with E-state index in [-0.39, 0.29) is 40.3 Å². The zero-order chi connectivity index (χ0) is 28.5. The van der Waals surface area contributed by atoms with Gasteiger partial charge in [0, 0.05) is 23.6 Å². The van der Waals surface area contributed by atoms with Crippen molar-refractivity contribution in [2.75, 3.05) is 14.1 Å². The number of likely N-dealkylation sites (N-methyl/N-ethyl adjacent to an activating group) is 1. The molecule has 0 spiro atoms. The highest BCUT2D eigenvalue weighted by Gasteiger charge is 2.63. The highest BCUT2D eigenvalue weighted by molar-refractivity contribution is 6.24. The highest BCUT2D eigenvalue weighted by Crippen LogP contribution is 2.53. The largest absolute Gasteiger partial charge is 0.510 e. The number of phenolic OH excluding ortho intramolecular Hbond substituents is 1. The molecule has 0 heterocycles. The number of fused-ring (bicyclic) bond motifs is 3. The molecule has 1 amide bonds. The van der Waals surface area contributed by atoms with Crippen LogP contribution in [0.2, 0.25) is 0 Å². The number of primary amides is 1. The fourth-order valence-corrected chi connectivity index (χ4v) is 6.29. The van der Waals surface area contributed by atoms with Crippen LogP contribution in [0, 0.1) is 16.7 Å². The summed E-state index contributed by atoms with van der Waals surface area (Å²) in [5.74, 6) is -7.17. The van der Waals surface area contributed by atoms with Gasteiger partial charge in [-0.2, -0.15) is 0 Å². The number of rotatable bonds is 4. The number of phenols is 1. The Kier molecular flexibility index (Phi) is 5.85. The van der Waals surface area contributed by atoms with Crippen LogP contribution >= 0.6 is 0 Å². The summed E-state index contributed by atoms with van der Waals surface area (Å²) in [7, 11) is 3.12. The van der Waals surface area contributed by atoms with Crippen molar-refractivity contribution in [3.05, 3.63) is 75.1 Å². The van der Waals surface area contributed by atoms with Crippen molar-refractivity contribution in [3.63, 3.8) is 0 Å². The molecule has 202 valence electrons. The summed E-state index contributed by atoms with van der Waals surface area (Å²) >= 11 is 0. The van der Waals surface area contributed by atoms with Crippen molar-refractivity contribution in [3.8, 4) is 16.9 Å². The topological polar surface area (TPSA) is 202 Å². The van der Waals surface area contributed by atoms with E-state index >= 15 is 0 Å². The predicted molar refractivity (Wildman–Crippen MR) is 134 cm³/mol. The summed E-state index contributed by atoms with van der Waals surface area (Å²) in [6.45, 7) is 0. The van der Waals surface area contributed by atoms with Crippen molar-refractivity contribution < 1.29 is 44.9 Å². The van der Waals surface area contributed by atoms with Gasteiger partial charge in [-0.25, -0.2) is 5.21 Å². The number of amides is 1. The minimum atomic E-state index is -2.71. The van der Waals surface area contributed by atoms with Gasteiger partial charge in [0.15, 0.2) is 11.4 Å². The van der Waals surface area contributed by atoms with Crippen LogP contribution in [0.1, 0.15) is 22.3 Å². The van der Waals surface area contributed by atoms with E-state index in [1.54, 1.807) is 32.3 Å². The second-order valence-electron chi connectivity index (χ2n) is 10.3. The summed E-state index contributed by atoms with van der Waals surface area (Å²) in [6.07, 6.45) is 0.0865. The maximum Gasteiger partial charge on any atom is 0.316 e. The fourth-order valence-electron chi connectivity index (χ4n) is 6.29. The Morgan fingerprint density at radius 1 is 1.08 bits per heavy atom. The van der Waals surface area contributed by atoms with Gasteiger partial charge in [0.1, 0.15) is 22.8 Å². The Labute approximate surface area is 221 Å². The van der Waals surface area contributed by atoms with Crippen LogP contribution in [0.3, 0.4) is 0 Å². The second-order valence-corrected chi connectivity index (χ2v) is 10.3. The molecule has 0 fully saturated rings. The van der Waals surface area contributed by atoms with E-state index in [0.717, 1.165) is 0 Å². The van der Waals surface area contributed by atoms with Crippen molar-refractivity contribution in [1.82, 2.24) is 4.90 Å². The first kappa shape index (κ1) is 26.1. The molecule has 2 aromatic carbocycles. The van der Waals surface area contributed by atoms with E-state index in [0.29, 0.717) is 16.7 Å². The Bertz CT molecular complexity index is 1540. The number of carbonyl (C=O) groups excluding carboxylic acids is 3. The molecule has 0 saturated heterocycles. The number of ketones is 2. The van der Waals surface area contributed by atoms with Crippen LogP contribution in [-0.2, 0) is 16.0 Å². The average Bonchev–Trinajstić information content (AvgIpc) is 2.86. The van der Waals surface area contributed by atoms with Crippen molar-refractivity contribution in [1.29, 1.82) is 0 Å². The van der Waals surface area contributed by atoms with Gasteiger partial charge in [-0.1, -0.05) is 6.07 Å². The molecule has 3 aliphatic carbocycles. The zero-order valence-electron chi connectivity index (χ0n) is 21.0. The van der Waals surface area contributed by atoms with E-state index in [2.05, 4.69) is 0 Å². The number of carbonyl (C=O) groups is 3. The molecule has 0 saturated carbocycles. The number of hydrogen-bond acceptors (Lipinski definition) is 9. The molecule has 7 N–H and O–H groups in total. The van der Waals surface area contributed by atoms with Gasteiger partial charge < -0.3 is 26.2 Å².